The summed E-state index contributed by atoms with van der Waals surface area (Å²) in [6, 6.07) is 10.6. The summed E-state index contributed by atoms with van der Waals surface area (Å²) in [5, 5.41) is 4.33. The van der Waals surface area contributed by atoms with Crippen molar-refractivity contribution in [2.45, 2.75) is 19.9 Å². The molecule has 1 N–H and O–H groups in total. The molecule has 0 unspecified atom stereocenters. The van der Waals surface area contributed by atoms with E-state index >= 15 is 0 Å². The predicted octanol–water partition coefficient (Wildman–Crippen LogP) is 4.19. The van der Waals surface area contributed by atoms with Crippen molar-refractivity contribution in [3.8, 4) is 0 Å². The largest absolute Gasteiger partial charge is 0.419 e. The molecular formula is C18H14ClN3O3S. The van der Waals surface area contributed by atoms with E-state index in [1.165, 1.54) is 4.57 Å². The molecule has 0 bridgehead atoms. The van der Waals surface area contributed by atoms with Crippen LogP contribution in [0, 0.1) is 6.92 Å². The lowest BCUT2D eigenvalue weighted by molar-refractivity contribution is -0.116. The number of oxazole rings is 1. The molecule has 4 rings (SSSR count). The first-order valence-electron chi connectivity index (χ1n) is 7.95. The Balaban J connectivity index is 1.48. The maximum Gasteiger partial charge on any atom is 0.419 e. The van der Waals surface area contributed by atoms with Gasteiger partial charge in [-0.2, -0.15) is 0 Å². The average Bonchev–Trinajstić information content (AvgIpc) is 3.10. The molecule has 0 spiro atoms. The molecule has 0 radical (unpaired) electrons. The van der Waals surface area contributed by atoms with Crippen molar-refractivity contribution in [3.63, 3.8) is 0 Å². The lowest BCUT2D eigenvalue weighted by atomic mass is 10.3. The third-order valence-electron chi connectivity index (χ3n) is 3.97. The smallest absolute Gasteiger partial charge is 0.408 e. The molecule has 8 heteroatoms. The molecule has 0 aliphatic heterocycles. The number of nitrogens with zero attached hydrogens (tertiary/aromatic N) is 2. The molecule has 2 aromatic carbocycles. The van der Waals surface area contributed by atoms with Crippen LogP contribution in [0.1, 0.15) is 11.4 Å². The number of aromatic nitrogens is 2. The van der Waals surface area contributed by atoms with E-state index in [2.05, 4.69) is 10.3 Å². The lowest BCUT2D eigenvalue weighted by Gasteiger charge is -2.06. The van der Waals surface area contributed by atoms with E-state index in [1.54, 1.807) is 29.5 Å². The van der Waals surface area contributed by atoms with Crippen molar-refractivity contribution in [1.29, 1.82) is 0 Å². The molecular weight excluding hydrogens is 374 g/mol. The van der Waals surface area contributed by atoms with Gasteiger partial charge in [0.25, 0.3) is 0 Å². The van der Waals surface area contributed by atoms with E-state index in [1.807, 2.05) is 25.1 Å². The Morgan fingerprint density at radius 1 is 1.31 bits per heavy atom. The zero-order chi connectivity index (χ0) is 18.3. The highest BCUT2D eigenvalue weighted by Crippen LogP contribution is 2.25. The second-order valence-electron chi connectivity index (χ2n) is 5.85. The van der Waals surface area contributed by atoms with E-state index in [0.717, 1.165) is 15.2 Å². The second-order valence-corrected chi connectivity index (χ2v) is 7.52. The van der Waals surface area contributed by atoms with Crippen LogP contribution >= 0.6 is 22.9 Å². The third kappa shape index (κ3) is 3.23. The molecule has 0 aliphatic carbocycles. The third-order valence-corrected chi connectivity index (χ3v) is 5.14. The van der Waals surface area contributed by atoms with Gasteiger partial charge in [0.2, 0.25) is 5.91 Å². The zero-order valence-corrected chi connectivity index (χ0v) is 15.4. The Kier molecular flexibility index (Phi) is 4.26. The summed E-state index contributed by atoms with van der Waals surface area (Å²) >= 11 is 7.48. The van der Waals surface area contributed by atoms with E-state index < -0.39 is 5.76 Å². The number of rotatable bonds is 4. The average molecular weight is 388 g/mol. The summed E-state index contributed by atoms with van der Waals surface area (Å²) in [5.41, 5.74) is 2.66. The van der Waals surface area contributed by atoms with Crippen LogP contribution in [-0.4, -0.2) is 15.5 Å². The standard InChI is InChI=1S/C18H14ClN3O3S/c1-10-20-13-4-3-12(9-16(13)26-10)21-17(23)6-7-22-14-5-2-11(19)8-15(14)25-18(22)24/h2-5,8-9H,6-7H2,1H3,(H,21,23). The highest BCUT2D eigenvalue weighted by atomic mass is 35.5. The summed E-state index contributed by atoms with van der Waals surface area (Å²) in [6.07, 6.45) is 0.150. The van der Waals surface area contributed by atoms with Crippen LogP contribution in [0.4, 0.5) is 5.69 Å². The molecule has 0 saturated heterocycles. The lowest BCUT2D eigenvalue weighted by Crippen LogP contribution is -2.19. The van der Waals surface area contributed by atoms with Gasteiger partial charge in [-0.25, -0.2) is 9.78 Å². The minimum atomic E-state index is -0.503. The summed E-state index contributed by atoms with van der Waals surface area (Å²) in [5.74, 6) is -0.683. The number of nitrogens with one attached hydrogen (secondary N) is 1. The molecule has 0 saturated carbocycles. The van der Waals surface area contributed by atoms with Gasteiger partial charge < -0.3 is 9.73 Å². The van der Waals surface area contributed by atoms with E-state index in [9.17, 15) is 9.59 Å². The number of aryl methyl sites for hydroxylation is 2. The molecule has 26 heavy (non-hydrogen) atoms. The first-order chi connectivity index (χ1) is 12.5. The van der Waals surface area contributed by atoms with Gasteiger partial charge in [-0.05, 0) is 37.3 Å². The number of thiazole rings is 1. The highest BCUT2D eigenvalue weighted by molar-refractivity contribution is 7.18. The normalized spacial score (nSPS) is 11.3. The zero-order valence-electron chi connectivity index (χ0n) is 13.8. The SMILES string of the molecule is Cc1nc2ccc(NC(=O)CCn3c(=O)oc4cc(Cl)ccc43)cc2s1. The number of carbonyl (C=O) groups is 1. The number of fused-ring (bicyclic) bond motifs is 2. The fraction of sp³-hybridized carbons (Fsp3) is 0.167. The highest BCUT2D eigenvalue weighted by Gasteiger charge is 2.12. The van der Waals surface area contributed by atoms with E-state index in [4.69, 9.17) is 16.0 Å². The summed E-state index contributed by atoms with van der Waals surface area (Å²) in [7, 11) is 0. The molecule has 1 amide bonds. The Hall–Kier alpha value is -2.64. The number of halogens is 1. The van der Waals surface area contributed by atoms with Crippen molar-refractivity contribution in [2.75, 3.05) is 5.32 Å². The maximum atomic E-state index is 12.3. The van der Waals surface area contributed by atoms with Gasteiger partial charge in [0.05, 0.1) is 20.7 Å². The number of anilines is 1. The van der Waals surface area contributed by atoms with E-state index in [0.29, 0.717) is 21.8 Å². The molecule has 0 atom stereocenters. The van der Waals surface area contributed by atoms with Gasteiger partial charge in [0, 0.05) is 29.7 Å². The Morgan fingerprint density at radius 2 is 2.15 bits per heavy atom. The Morgan fingerprint density at radius 3 is 3.00 bits per heavy atom. The summed E-state index contributed by atoms with van der Waals surface area (Å²) in [6.45, 7) is 2.17. The summed E-state index contributed by atoms with van der Waals surface area (Å²) in [4.78, 5) is 28.6. The van der Waals surface area contributed by atoms with Gasteiger partial charge in [0.15, 0.2) is 5.58 Å². The van der Waals surface area contributed by atoms with Crippen LogP contribution in [0.15, 0.2) is 45.6 Å². The van der Waals surface area contributed by atoms with Crippen LogP contribution in [0.3, 0.4) is 0 Å². The van der Waals surface area contributed by atoms with Crippen LogP contribution in [0.25, 0.3) is 21.3 Å². The number of hydrogen-bond donors (Lipinski definition) is 1. The van der Waals surface area contributed by atoms with Crippen molar-refractivity contribution in [3.05, 3.63) is 57.0 Å². The second kappa shape index (κ2) is 6.59. The molecule has 132 valence electrons. The molecule has 2 aromatic heterocycles. The van der Waals surface area contributed by atoms with Crippen molar-refractivity contribution in [2.24, 2.45) is 0 Å². The number of hydrogen-bond acceptors (Lipinski definition) is 5. The minimum Gasteiger partial charge on any atom is -0.408 e. The van der Waals surface area contributed by atoms with Gasteiger partial charge in [-0.15, -0.1) is 11.3 Å². The fourth-order valence-corrected chi connectivity index (χ4v) is 3.83. The molecule has 0 fully saturated rings. The monoisotopic (exact) mass is 387 g/mol. The minimum absolute atomic E-state index is 0.150. The van der Waals surface area contributed by atoms with E-state index in [-0.39, 0.29) is 18.9 Å². The van der Waals surface area contributed by atoms with Gasteiger partial charge in [-0.3, -0.25) is 9.36 Å². The molecule has 0 aliphatic rings. The van der Waals surface area contributed by atoms with Crippen LogP contribution in [0.5, 0.6) is 0 Å². The van der Waals surface area contributed by atoms with Gasteiger partial charge in [0.1, 0.15) is 0 Å². The number of benzene rings is 2. The first kappa shape index (κ1) is 16.8. The number of carbonyl (C=O) groups excluding carboxylic acids is 1. The van der Waals surface area contributed by atoms with Gasteiger partial charge in [-0.1, -0.05) is 11.6 Å². The fourth-order valence-electron chi connectivity index (χ4n) is 2.81. The quantitative estimate of drug-likeness (QED) is 0.569. The Labute approximate surface area is 157 Å². The van der Waals surface area contributed by atoms with Crippen molar-refractivity contribution < 1.29 is 9.21 Å². The summed E-state index contributed by atoms with van der Waals surface area (Å²) < 4.78 is 7.62. The van der Waals surface area contributed by atoms with Crippen LogP contribution in [-0.2, 0) is 11.3 Å². The van der Waals surface area contributed by atoms with Crippen molar-refractivity contribution >= 4 is 55.8 Å². The van der Waals surface area contributed by atoms with Crippen LogP contribution in [0.2, 0.25) is 5.02 Å². The topological polar surface area (TPSA) is 77.1 Å². The van der Waals surface area contributed by atoms with Gasteiger partial charge >= 0.3 is 5.76 Å². The number of amides is 1. The molecule has 6 nitrogen and oxygen atoms in total. The first-order valence-corrected chi connectivity index (χ1v) is 9.15. The maximum absolute atomic E-state index is 12.3. The van der Waals surface area contributed by atoms with Crippen molar-refractivity contribution in [1.82, 2.24) is 9.55 Å². The molecule has 4 aromatic rings. The predicted molar refractivity (Wildman–Crippen MR) is 103 cm³/mol. The molecule has 2 heterocycles. The Bertz CT molecular complexity index is 1190. The van der Waals surface area contributed by atoms with Crippen LogP contribution < -0.4 is 11.1 Å².